The van der Waals surface area contributed by atoms with Crippen molar-refractivity contribution < 1.29 is 23.2 Å². The van der Waals surface area contributed by atoms with Crippen LogP contribution in [0.1, 0.15) is 38.3 Å². The number of anilines is 1. The molecular weight excluding hydrogens is 428 g/mol. The molecule has 2 saturated heterocycles. The molecule has 0 N–H and O–H groups in total. The first-order valence-corrected chi connectivity index (χ1v) is 11.0. The molecule has 2 aromatic carbocycles. The van der Waals surface area contributed by atoms with Gasteiger partial charge in [-0.05, 0) is 31.5 Å². The van der Waals surface area contributed by atoms with E-state index in [1.807, 2.05) is 32.0 Å². The zero-order valence-corrected chi connectivity index (χ0v) is 18.9. The summed E-state index contributed by atoms with van der Waals surface area (Å²) in [5.74, 6) is -4.14. The van der Waals surface area contributed by atoms with Crippen molar-refractivity contribution in [2.24, 2.45) is 0 Å². The Labute approximate surface area is 191 Å². The topological polar surface area (TPSA) is 60.9 Å². The number of amides is 3. The zero-order chi connectivity index (χ0) is 24.0. The van der Waals surface area contributed by atoms with Crippen molar-refractivity contribution in [1.82, 2.24) is 9.80 Å². The number of benzene rings is 2. The van der Waals surface area contributed by atoms with Gasteiger partial charge in [0.1, 0.15) is 6.54 Å². The van der Waals surface area contributed by atoms with Crippen LogP contribution in [0.4, 0.5) is 14.5 Å². The second-order valence-corrected chi connectivity index (χ2v) is 8.99. The quantitative estimate of drug-likeness (QED) is 0.648. The Morgan fingerprint density at radius 3 is 2.18 bits per heavy atom. The lowest BCUT2D eigenvalue weighted by Crippen LogP contribution is -2.71. The number of hydrogen-bond acceptors (Lipinski definition) is 3. The molecule has 0 radical (unpaired) electrons. The third-order valence-electron chi connectivity index (χ3n) is 6.47. The van der Waals surface area contributed by atoms with Crippen molar-refractivity contribution in [2.45, 2.75) is 51.2 Å². The van der Waals surface area contributed by atoms with Crippen molar-refractivity contribution >= 4 is 23.4 Å². The number of nitrogens with zero attached hydrogens (tertiary/aromatic N) is 3. The highest BCUT2D eigenvalue weighted by Crippen LogP contribution is 2.39. The van der Waals surface area contributed by atoms with Crippen LogP contribution in [-0.2, 0) is 26.9 Å². The average molecular weight is 456 g/mol. The number of hydrogen-bond donors (Lipinski definition) is 0. The SMILES string of the molecule is CC(C)N1CC(=O)N(Cc2ccc(C(C)(F)F)cc2)C2(CCN(c3ccccc3)C2=O)C1=O. The van der Waals surface area contributed by atoms with E-state index in [4.69, 9.17) is 0 Å². The van der Waals surface area contributed by atoms with Gasteiger partial charge >= 0.3 is 0 Å². The van der Waals surface area contributed by atoms with Gasteiger partial charge in [-0.1, -0.05) is 42.5 Å². The second kappa shape index (κ2) is 8.24. The molecule has 0 aliphatic carbocycles. The third kappa shape index (κ3) is 3.87. The number of carbonyl (C=O) groups is 3. The molecule has 2 fully saturated rings. The Hall–Kier alpha value is -3.29. The molecule has 174 valence electrons. The van der Waals surface area contributed by atoms with Crippen molar-refractivity contribution in [1.29, 1.82) is 0 Å². The normalized spacial score (nSPS) is 21.6. The minimum Gasteiger partial charge on any atom is -0.328 e. The highest BCUT2D eigenvalue weighted by atomic mass is 19.3. The minimum atomic E-state index is -2.98. The maximum absolute atomic E-state index is 13.8. The third-order valence-corrected chi connectivity index (χ3v) is 6.47. The van der Waals surface area contributed by atoms with E-state index in [1.54, 1.807) is 17.0 Å². The van der Waals surface area contributed by atoms with E-state index in [9.17, 15) is 23.2 Å². The molecule has 0 aromatic heterocycles. The van der Waals surface area contributed by atoms with Crippen molar-refractivity contribution in [3.63, 3.8) is 0 Å². The van der Waals surface area contributed by atoms with Gasteiger partial charge in [-0.2, -0.15) is 0 Å². The summed E-state index contributed by atoms with van der Waals surface area (Å²) in [6.07, 6.45) is 0.166. The van der Waals surface area contributed by atoms with Crippen LogP contribution in [0.25, 0.3) is 0 Å². The van der Waals surface area contributed by atoms with Crippen LogP contribution in [0.3, 0.4) is 0 Å². The molecule has 2 aromatic rings. The molecule has 33 heavy (non-hydrogen) atoms. The molecule has 8 heteroatoms. The van der Waals surface area contributed by atoms with Crippen LogP contribution in [0.15, 0.2) is 54.6 Å². The molecule has 2 heterocycles. The predicted octanol–water partition coefficient (Wildman–Crippen LogP) is 3.55. The first-order chi connectivity index (χ1) is 15.6. The Kier molecular flexibility index (Phi) is 5.72. The van der Waals surface area contributed by atoms with Crippen molar-refractivity contribution in [3.05, 3.63) is 65.7 Å². The molecule has 1 spiro atoms. The molecule has 4 rings (SSSR count). The van der Waals surface area contributed by atoms with E-state index < -0.39 is 23.3 Å². The molecule has 2 aliphatic heterocycles. The first kappa shape index (κ1) is 22.9. The van der Waals surface area contributed by atoms with Crippen LogP contribution < -0.4 is 4.90 Å². The van der Waals surface area contributed by atoms with Gasteiger partial charge in [-0.25, -0.2) is 8.78 Å². The minimum absolute atomic E-state index is 0.0134. The van der Waals surface area contributed by atoms with E-state index in [0.717, 1.165) is 6.92 Å². The van der Waals surface area contributed by atoms with Crippen LogP contribution in [0, 0.1) is 0 Å². The maximum Gasteiger partial charge on any atom is 0.270 e. The first-order valence-electron chi connectivity index (χ1n) is 11.0. The Bertz CT molecular complexity index is 1070. The molecule has 3 amide bonds. The molecule has 6 nitrogen and oxygen atoms in total. The lowest BCUT2D eigenvalue weighted by atomic mass is 9.88. The highest BCUT2D eigenvalue weighted by molar-refractivity contribution is 6.21. The van der Waals surface area contributed by atoms with Crippen molar-refractivity contribution in [2.75, 3.05) is 18.0 Å². The van der Waals surface area contributed by atoms with Gasteiger partial charge in [0.15, 0.2) is 0 Å². The number of alkyl halides is 2. The van der Waals surface area contributed by atoms with E-state index in [-0.39, 0.29) is 37.0 Å². The fourth-order valence-corrected chi connectivity index (χ4v) is 4.60. The predicted molar refractivity (Wildman–Crippen MR) is 120 cm³/mol. The van der Waals surface area contributed by atoms with Gasteiger partial charge in [0.05, 0.1) is 0 Å². The molecule has 2 aliphatic rings. The van der Waals surface area contributed by atoms with Crippen LogP contribution in [0.5, 0.6) is 0 Å². The van der Waals surface area contributed by atoms with Crippen LogP contribution in [-0.4, -0.2) is 52.2 Å². The summed E-state index contributed by atoms with van der Waals surface area (Å²) in [4.78, 5) is 45.1. The second-order valence-electron chi connectivity index (χ2n) is 8.99. The summed E-state index contributed by atoms with van der Waals surface area (Å²) >= 11 is 0. The fourth-order valence-electron chi connectivity index (χ4n) is 4.60. The molecule has 0 bridgehead atoms. The maximum atomic E-state index is 13.8. The largest absolute Gasteiger partial charge is 0.328 e. The summed E-state index contributed by atoms with van der Waals surface area (Å²) in [7, 11) is 0. The van der Waals surface area contributed by atoms with Gasteiger partial charge in [0, 0.05) is 43.7 Å². The molecular formula is C25H27F2N3O3. The fraction of sp³-hybridized carbons (Fsp3) is 0.400. The van der Waals surface area contributed by atoms with Gasteiger partial charge in [-0.15, -0.1) is 0 Å². The van der Waals surface area contributed by atoms with E-state index in [0.29, 0.717) is 17.8 Å². The smallest absolute Gasteiger partial charge is 0.270 e. The number of halogens is 2. The highest BCUT2D eigenvalue weighted by Gasteiger charge is 2.62. The van der Waals surface area contributed by atoms with E-state index in [1.165, 1.54) is 34.1 Å². The Balaban J connectivity index is 1.72. The summed E-state index contributed by atoms with van der Waals surface area (Å²) in [5.41, 5.74) is -0.550. The average Bonchev–Trinajstić information content (AvgIpc) is 3.11. The van der Waals surface area contributed by atoms with Crippen LogP contribution in [0.2, 0.25) is 0 Å². The van der Waals surface area contributed by atoms with Gasteiger partial charge in [-0.3, -0.25) is 14.4 Å². The lowest BCUT2D eigenvalue weighted by molar-refractivity contribution is -0.170. The number of piperazine rings is 1. The van der Waals surface area contributed by atoms with Gasteiger partial charge < -0.3 is 14.7 Å². The summed E-state index contributed by atoms with van der Waals surface area (Å²) in [6, 6.07) is 14.5. The van der Waals surface area contributed by atoms with E-state index >= 15 is 0 Å². The van der Waals surface area contributed by atoms with Crippen LogP contribution >= 0.6 is 0 Å². The molecule has 1 unspecified atom stereocenters. The lowest BCUT2D eigenvalue weighted by Gasteiger charge is -2.47. The summed E-state index contributed by atoms with van der Waals surface area (Å²) in [5, 5.41) is 0. The van der Waals surface area contributed by atoms with Crippen molar-refractivity contribution in [3.8, 4) is 0 Å². The standard InChI is InChI=1S/C25H27F2N3O3/c1-17(2)29-16-21(31)30(15-18-9-11-19(12-10-18)24(3,26)27)25(23(29)33)13-14-28(22(25)32)20-7-5-4-6-8-20/h4-12,17H,13-16H2,1-3H3. The summed E-state index contributed by atoms with van der Waals surface area (Å²) in [6.45, 7) is 4.60. The molecule has 0 saturated carbocycles. The monoisotopic (exact) mass is 455 g/mol. The number of rotatable bonds is 5. The number of para-hydroxylation sites is 1. The van der Waals surface area contributed by atoms with Gasteiger partial charge in [0.25, 0.3) is 17.7 Å². The van der Waals surface area contributed by atoms with E-state index in [2.05, 4.69) is 0 Å². The Morgan fingerprint density at radius 2 is 1.61 bits per heavy atom. The molecule has 1 atom stereocenters. The number of carbonyl (C=O) groups excluding carboxylic acids is 3. The Morgan fingerprint density at radius 1 is 0.970 bits per heavy atom. The van der Waals surface area contributed by atoms with Gasteiger partial charge in [0.2, 0.25) is 11.4 Å². The zero-order valence-electron chi connectivity index (χ0n) is 18.9. The summed E-state index contributed by atoms with van der Waals surface area (Å²) < 4.78 is 27.2.